The Balaban J connectivity index is 1.46. The molecule has 0 fully saturated rings. The Labute approximate surface area is 200 Å². The van der Waals surface area contributed by atoms with Crippen molar-refractivity contribution in [1.82, 2.24) is 19.7 Å². The number of amides is 1. The van der Waals surface area contributed by atoms with Gasteiger partial charge in [-0.25, -0.2) is 14.9 Å². The summed E-state index contributed by atoms with van der Waals surface area (Å²) >= 11 is 2.88. The second-order valence-corrected chi connectivity index (χ2v) is 9.51. The Hall–Kier alpha value is -3.17. The smallest absolute Gasteiger partial charge is 0.274 e. The van der Waals surface area contributed by atoms with Gasteiger partial charge in [-0.15, -0.1) is 16.4 Å². The van der Waals surface area contributed by atoms with Crippen molar-refractivity contribution in [2.75, 3.05) is 4.90 Å². The SMILES string of the molecule is CC(=O)N(c1ccc(C)c(C)c1)c1nc(CSc2n[nH]c(=O)n2CCc2ccccc2)cs1. The molecular weight excluding hydrogens is 454 g/mol. The van der Waals surface area contributed by atoms with E-state index in [0.29, 0.717) is 22.6 Å². The zero-order chi connectivity index (χ0) is 23.4. The van der Waals surface area contributed by atoms with Gasteiger partial charge in [-0.05, 0) is 49.1 Å². The standard InChI is InChI=1S/C24H25N5O2S2/c1-16-9-10-21(13-17(16)2)29(18(3)30)23-25-20(14-32-23)15-33-24-27-26-22(31)28(24)12-11-19-7-5-4-6-8-19/h4-10,13-14H,11-12,15H2,1-3H3,(H,26,31). The summed E-state index contributed by atoms with van der Waals surface area (Å²) in [6.45, 7) is 6.17. The Bertz CT molecular complexity index is 1310. The number of anilines is 2. The molecule has 0 radical (unpaired) electrons. The highest BCUT2D eigenvalue weighted by Gasteiger charge is 2.19. The molecule has 7 nitrogen and oxygen atoms in total. The van der Waals surface area contributed by atoms with Crippen LogP contribution in [-0.4, -0.2) is 25.7 Å². The summed E-state index contributed by atoms with van der Waals surface area (Å²) < 4.78 is 1.65. The van der Waals surface area contributed by atoms with Crippen molar-refractivity contribution in [3.05, 3.63) is 86.8 Å². The average Bonchev–Trinajstić information content (AvgIpc) is 3.40. The Morgan fingerprint density at radius 2 is 1.94 bits per heavy atom. The van der Waals surface area contributed by atoms with E-state index in [2.05, 4.69) is 15.2 Å². The van der Waals surface area contributed by atoms with Crippen LogP contribution in [0.2, 0.25) is 0 Å². The number of hydrogen-bond acceptors (Lipinski definition) is 6. The summed E-state index contributed by atoms with van der Waals surface area (Å²) in [5.41, 5.74) is 4.89. The lowest BCUT2D eigenvalue weighted by Gasteiger charge is -2.19. The van der Waals surface area contributed by atoms with Crippen LogP contribution in [0.5, 0.6) is 0 Å². The van der Waals surface area contributed by atoms with Crippen molar-refractivity contribution < 1.29 is 4.79 Å². The fourth-order valence-electron chi connectivity index (χ4n) is 3.39. The van der Waals surface area contributed by atoms with Crippen LogP contribution >= 0.6 is 23.1 Å². The van der Waals surface area contributed by atoms with Crippen molar-refractivity contribution >= 4 is 39.8 Å². The molecule has 0 aliphatic heterocycles. The van der Waals surface area contributed by atoms with E-state index in [1.165, 1.54) is 34.2 Å². The van der Waals surface area contributed by atoms with Crippen LogP contribution < -0.4 is 10.6 Å². The zero-order valence-corrected chi connectivity index (χ0v) is 20.4. The van der Waals surface area contributed by atoms with Gasteiger partial charge in [0.2, 0.25) is 5.91 Å². The maximum Gasteiger partial charge on any atom is 0.343 e. The van der Waals surface area contributed by atoms with Gasteiger partial charge in [0.1, 0.15) is 0 Å². The molecule has 2 aromatic carbocycles. The molecule has 1 amide bonds. The van der Waals surface area contributed by atoms with Crippen LogP contribution in [-0.2, 0) is 23.5 Å². The van der Waals surface area contributed by atoms with Gasteiger partial charge in [0.05, 0.1) is 11.4 Å². The van der Waals surface area contributed by atoms with E-state index in [9.17, 15) is 9.59 Å². The molecule has 0 aliphatic carbocycles. The highest BCUT2D eigenvalue weighted by Crippen LogP contribution is 2.31. The van der Waals surface area contributed by atoms with Crippen molar-refractivity contribution in [3.8, 4) is 0 Å². The van der Waals surface area contributed by atoms with E-state index >= 15 is 0 Å². The van der Waals surface area contributed by atoms with Gasteiger partial charge in [-0.2, -0.15) is 0 Å². The molecule has 0 saturated carbocycles. The molecule has 0 unspecified atom stereocenters. The number of nitrogens with zero attached hydrogens (tertiary/aromatic N) is 4. The fourth-order valence-corrected chi connectivity index (χ4v) is 5.25. The quantitative estimate of drug-likeness (QED) is 0.365. The third kappa shape index (κ3) is 5.43. The van der Waals surface area contributed by atoms with Crippen LogP contribution in [0.3, 0.4) is 0 Å². The molecule has 4 aromatic rings. The number of aryl methyl sites for hydroxylation is 3. The van der Waals surface area contributed by atoms with Crippen LogP contribution in [0, 0.1) is 13.8 Å². The number of nitrogens with one attached hydrogen (secondary N) is 1. The van der Waals surface area contributed by atoms with Crippen LogP contribution in [0.4, 0.5) is 10.8 Å². The van der Waals surface area contributed by atoms with E-state index in [1.807, 2.05) is 67.8 Å². The molecule has 0 bridgehead atoms. The van der Waals surface area contributed by atoms with Gasteiger partial charge < -0.3 is 0 Å². The monoisotopic (exact) mass is 479 g/mol. The Morgan fingerprint density at radius 3 is 2.67 bits per heavy atom. The van der Waals surface area contributed by atoms with E-state index < -0.39 is 0 Å². The fraction of sp³-hybridized carbons (Fsp3) is 0.250. The molecule has 0 aliphatic rings. The number of thiazole rings is 1. The second kappa shape index (κ2) is 10.2. The summed E-state index contributed by atoms with van der Waals surface area (Å²) in [7, 11) is 0. The molecule has 1 N–H and O–H groups in total. The predicted molar refractivity (Wildman–Crippen MR) is 133 cm³/mol. The maximum absolute atomic E-state index is 12.4. The minimum atomic E-state index is -0.218. The lowest BCUT2D eigenvalue weighted by molar-refractivity contribution is -0.115. The molecule has 0 atom stereocenters. The van der Waals surface area contributed by atoms with Crippen molar-refractivity contribution in [1.29, 1.82) is 0 Å². The third-order valence-corrected chi connectivity index (χ3v) is 7.22. The number of benzene rings is 2. The normalized spacial score (nSPS) is 11.0. The Morgan fingerprint density at radius 1 is 1.15 bits per heavy atom. The summed E-state index contributed by atoms with van der Waals surface area (Å²) in [5, 5.41) is 9.92. The summed E-state index contributed by atoms with van der Waals surface area (Å²) in [5.74, 6) is 0.457. The summed E-state index contributed by atoms with van der Waals surface area (Å²) in [6, 6.07) is 16.0. The maximum atomic E-state index is 12.4. The number of H-pyrrole nitrogens is 1. The minimum absolute atomic E-state index is 0.0890. The molecule has 2 aromatic heterocycles. The highest BCUT2D eigenvalue weighted by molar-refractivity contribution is 7.98. The van der Waals surface area contributed by atoms with Crippen molar-refractivity contribution in [3.63, 3.8) is 0 Å². The first kappa shape index (κ1) is 23.0. The molecule has 4 rings (SSSR count). The Kier molecular flexibility index (Phi) is 7.10. The van der Waals surface area contributed by atoms with Gasteiger partial charge in [-0.1, -0.05) is 48.2 Å². The van der Waals surface area contributed by atoms with E-state index in [-0.39, 0.29) is 11.6 Å². The zero-order valence-electron chi connectivity index (χ0n) is 18.7. The first-order valence-corrected chi connectivity index (χ1v) is 12.4. The predicted octanol–water partition coefficient (Wildman–Crippen LogP) is 4.86. The van der Waals surface area contributed by atoms with Gasteiger partial charge >= 0.3 is 5.69 Å². The van der Waals surface area contributed by atoms with Crippen LogP contribution in [0.25, 0.3) is 0 Å². The average molecular weight is 480 g/mol. The van der Waals surface area contributed by atoms with Crippen molar-refractivity contribution in [2.24, 2.45) is 0 Å². The molecule has 2 heterocycles. The topological polar surface area (TPSA) is 83.9 Å². The van der Waals surface area contributed by atoms with Gasteiger partial charge in [0.15, 0.2) is 10.3 Å². The lowest BCUT2D eigenvalue weighted by Crippen LogP contribution is -2.22. The number of rotatable bonds is 8. The van der Waals surface area contributed by atoms with Crippen molar-refractivity contribution in [2.45, 2.75) is 44.6 Å². The molecule has 0 spiro atoms. The first-order chi connectivity index (χ1) is 15.9. The molecule has 9 heteroatoms. The summed E-state index contributed by atoms with van der Waals surface area (Å²) in [6.07, 6.45) is 0.748. The van der Waals surface area contributed by atoms with Crippen LogP contribution in [0.1, 0.15) is 29.3 Å². The minimum Gasteiger partial charge on any atom is -0.274 e. The number of hydrogen-bond donors (Lipinski definition) is 1. The number of aromatic nitrogens is 4. The van der Waals surface area contributed by atoms with Crippen LogP contribution in [0.15, 0.2) is 63.9 Å². The molecule has 170 valence electrons. The number of carbonyl (C=O) groups is 1. The summed E-state index contributed by atoms with van der Waals surface area (Å²) in [4.78, 5) is 30.9. The number of thioether (sulfide) groups is 1. The second-order valence-electron chi connectivity index (χ2n) is 7.73. The highest BCUT2D eigenvalue weighted by atomic mass is 32.2. The molecular formula is C24H25N5O2S2. The first-order valence-electron chi connectivity index (χ1n) is 10.6. The van der Waals surface area contributed by atoms with E-state index in [4.69, 9.17) is 0 Å². The molecule has 33 heavy (non-hydrogen) atoms. The van der Waals surface area contributed by atoms with Gasteiger partial charge in [0.25, 0.3) is 0 Å². The van der Waals surface area contributed by atoms with E-state index in [0.717, 1.165) is 23.4 Å². The molecule has 0 saturated heterocycles. The third-order valence-electron chi connectivity index (χ3n) is 5.33. The number of aromatic amines is 1. The van der Waals surface area contributed by atoms with Gasteiger partial charge in [0, 0.05) is 24.6 Å². The van der Waals surface area contributed by atoms with E-state index in [1.54, 1.807) is 16.4 Å². The number of carbonyl (C=O) groups excluding carboxylic acids is 1. The van der Waals surface area contributed by atoms with Gasteiger partial charge in [-0.3, -0.25) is 14.3 Å². The largest absolute Gasteiger partial charge is 0.343 e. The lowest BCUT2D eigenvalue weighted by atomic mass is 10.1.